The van der Waals surface area contributed by atoms with Crippen molar-refractivity contribution in [1.29, 1.82) is 0 Å². The number of esters is 1. The molecule has 1 aliphatic rings. The maximum absolute atomic E-state index is 12.4. The van der Waals surface area contributed by atoms with Crippen molar-refractivity contribution in [3.63, 3.8) is 0 Å². The second kappa shape index (κ2) is 9.43. The molecule has 0 amide bonds. The molecule has 1 aliphatic heterocycles. The first kappa shape index (κ1) is 20.8. The van der Waals surface area contributed by atoms with Crippen LogP contribution in [0.25, 0.3) is 0 Å². The van der Waals surface area contributed by atoms with Gasteiger partial charge in [-0.1, -0.05) is 18.2 Å². The minimum atomic E-state index is -3.77. The Kier molecular flexibility index (Phi) is 7.54. The third kappa shape index (κ3) is 5.75. The van der Waals surface area contributed by atoms with Crippen LogP contribution in [-0.2, 0) is 33.2 Å². The van der Waals surface area contributed by atoms with Gasteiger partial charge in [0.2, 0.25) is 0 Å². The van der Waals surface area contributed by atoms with Gasteiger partial charge >= 0.3 is 5.97 Å². The number of rotatable bonds is 9. The highest BCUT2D eigenvalue weighted by molar-refractivity contribution is 7.86. The zero-order valence-electron chi connectivity index (χ0n) is 15.0. The predicted octanol–water partition coefficient (Wildman–Crippen LogP) is 1.35. The van der Waals surface area contributed by atoms with Gasteiger partial charge in [0.05, 0.1) is 18.4 Å². The quantitative estimate of drug-likeness (QED) is 0.355. The average Bonchev–Trinajstić information content (AvgIpc) is 2.96. The molecule has 8 nitrogen and oxygen atoms in total. The van der Waals surface area contributed by atoms with Gasteiger partial charge in [-0.05, 0) is 26.0 Å². The molecule has 0 unspecified atom stereocenters. The number of carbonyl (C=O) groups excluding carboxylic acids is 1. The van der Waals surface area contributed by atoms with Crippen LogP contribution in [0.5, 0.6) is 0 Å². The van der Waals surface area contributed by atoms with Crippen molar-refractivity contribution in [1.82, 2.24) is 0 Å². The first-order valence-corrected chi connectivity index (χ1v) is 10.2. The summed E-state index contributed by atoms with van der Waals surface area (Å²) in [4.78, 5) is 12.4. The Morgan fingerprint density at radius 1 is 1.19 bits per heavy atom. The Hall–Kier alpha value is -1.52. The molecule has 9 heteroatoms. The van der Waals surface area contributed by atoms with E-state index in [2.05, 4.69) is 0 Å². The fourth-order valence-electron chi connectivity index (χ4n) is 2.62. The van der Waals surface area contributed by atoms with E-state index in [9.17, 15) is 13.2 Å². The van der Waals surface area contributed by atoms with E-state index >= 15 is 0 Å². The summed E-state index contributed by atoms with van der Waals surface area (Å²) in [5, 5.41) is 0. The van der Waals surface area contributed by atoms with Crippen molar-refractivity contribution >= 4 is 16.1 Å². The summed E-state index contributed by atoms with van der Waals surface area (Å²) < 4.78 is 50.3. The van der Waals surface area contributed by atoms with E-state index in [1.165, 1.54) is 0 Å². The number of carbonyl (C=O) groups is 1. The molecule has 0 bridgehead atoms. The smallest absolute Gasteiger partial charge is 0.338 e. The molecule has 3 atom stereocenters. The third-order valence-electron chi connectivity index (χ3n) is 3.62. The summed E-state index contributed by atoms with van der Waals surface area (Å²) in [5.74, 6) is -0.611. The molecule has 0 aromatic heterocycles. The molecule has 1 saturated heterocycles. The van der Waals surface area contributed by atoms with E-state index in [4.69, 9.17) is 23.1 Å². The molecule has 0 spiro atoms. The number of hydrogen-bond acceptors (Lipinski definition) is 8. The maximum Gasteiger partial charge on any atom is 0.338 e. The molecule has 0 N–H and O–H groups in total. The van der Waals surface area contributed by atoms with E-state index in [0.717, 1.165) is 6.26 Å². The summed E-state index contributed by atoms with van der Waals surface area (Å²) in [5.41, 5.74) is 0.334. The Morgan fingerprint density at radius 3 is 2.35 bits per heavy atom. The minimum absolute atomic E-state index is 0.0683. The lowest BCUT2D eigenvalue weighted by atomic mass is 10.1. The van der Waals surface area contributed by atoms with E-state index in [0.29, 0.717) is 18.8 Å². The summed E-state index contributed by atoms with van der Waals surface area (Å²) in [7, 11) is -3.77. The second-order valence-corrected chi connectivity index (χ2v) is 7.25. The fourth-order valence-corrected chi connectivity index (χ4v) is 3.24. The van der Waals surface area contributed by atoms with Gasteiger partial charge in [-0.25, -0.2) is 4.79 Å². The highest BCUT2D eigenvalue weighted by Gasteiger charge is 2.47. The van der Waals surface area contributed by atoms with Crippen molar-refractivity contribution < 1.29 is 36.3 Å². The Morgan fingerprint density at radius 2 is 1.81 bits per heavy atom. The molecule has 1 heterocycles. The standard InChI is InChI=1S/C17H24O8S/c1-4-21-17(22-5-2)15-14(13(11-23-15)25-26(3,19)20)24-16(18)12-9-7-6-8-10-12/h6-10,13-15,17H,4-5,11H2,1-3H3/t13-,14+,15-/m1/s1. The topological polar surface area (TPSA) is 97.4 Å². The van der Waals surface area contributed by atoms with Gasteiger partial charge in [-0.2, -0.15) is 8.42 Å². The van der Waals surface area contributed by atoms with Gasteiger partial charge in [0.15, 0.2) is 12.4 Å². The third-order valence-corrected chi connectivity index (χ3v) is 4.22. The summed E-state index contributed by atoms with van der Waals surface area (Å²) in [6, 6.07) is 8.37. The van der Waals surface area contributed by atoms with Gasteiger partial charge < -0.3 is 18.9 Å². The lowest BCUT2D eigenvalue weighted by molar-refractivity contribution is -0.207. The normalized spacial score (nSPS) is 23.3. The lowest BCUT2D eigenvalue weighted by Gasteiger charge is -2.28. The van der Waals surface area contributed by atoms with Crippen molar-refractivity contribution in [2.75, 3.05) is 26.1 Å². The first-order chi connectivity index (χ1) is 12.4. The van der Waals surface area contributed by atoms with Crippen LogP contribution in [0.15, 0.2) is 30.3 Å². The highest BCUT2D eigenvalue weighted by atomic mass is 32.2. The van der Waals surface area contributed by atoms with E-state index < -0.39 is 40.7 Å². The van der Waals surface area contributed by atoms with Gasteiger partial charge in [0.1, 0.15) is 12.2 Å². The maximum atomic E-state index is 12.4. The van der Waals surface area contributed by atoms with Gasteiger partial charge in [-0.15, -0.1) is 0 Å². The molecule has 1 fully saturated rings. The second-order valence-electron chi connectivity index (χ2n) is 5.65. The summed E-state index contributed by atoms with van der Waals surface area (Å²) in [6.07, 6.45) is -2.67. The van der Waals surface area contributed by atoms with Crippen molar-refractivity contribution in [3.05, 3.63) is 35.9 Å². The summed E-state index contributed by atoms with van der Waals surface area (Å²) in [6.45, 7) is 4.21. The van der Waals surface area contributed by atoms with Crippen molar-refractivity contribution in [2.45, 2.75) is 38.4 Å². The molecule has 1 aromatic carbocycles. The minimum Gasteiger partial charge on any atom is -0.453 e. The molecular formula is C17H24O8S. The average molecular weight is 388 g/mol. The van der Waals surface area contributed by atoms with Crippen molar-refractivity contribution in [3.8, 4) is 0 Å². The Bertz CT molecular complexity index is 669. The van der Waals surface area contributed by atoms with Crippen molar-refractivity contribution in [2.24, 2.45) is 0 Å². The molecular weight excluding hydrogens is 364 g/mol. The van der Waals surface area contributed by atoms with Gasteiger partial charge in [-0.3, -0.25) is 4.18 Å². The number of hydrogen-bond donors (Lipinski definition) is 0. The molecule has 1 aromatic rings. The van der Waals surface area contributed by atoms with Crippen LogP contribution in [0.1, 0.15) is 24.2 Å². The van der Waals surface area contributed by atoms with Crippen LogP contribution >= 0.6 is 0 Å². The molecule has 26 heavy (non-hydrogen) atoms. The largest absolute Gasteiger partial charge is 0.453 e. The van der Waals surface area contributed by atoms with E-state index in [-0.39, 0.29) is 6.61 Å². The van der Waals surface area contributed by atoms with Crippen LogP contribution in [-0.4, -0.2) is 65.1 Å². The number of benzene rings is 1. The van der Waals surface area contributed by atoms with Crippen LogP contribution < -0.4 is 0 Å². The summed E-state index contributed by atoms with van der Waals surface area (Å²) >= 11 is 0. The Labute approximate surface area is 153 Å². The van der Waals surface area contributed by atoms with Gasteiger partial charge in [0, 0.05) is 13.2 Å². The number of ether oxygens (including phenoxy) is 4. The van der Waals surface area contributed by atoms with Crippen LogP contribution in [0.2, 0.25) is 0 Å². The highest BCUT2D eigenvalue weighted by Crippen LogP contribution is 2.27. The Balaban J connectivity index is 2.22. The van der Waals surface area contributed by atoms with Gasteiger partial charge in [0.25, 0.3) is 10.1 Å². The van der Waals surface area contributed by atoms with Crippen LogP contribution in [0.4, 0.5) is 0 Å². The van der Waals surface area contributed by atoms with E-state index in [1.54, 1.807) is 44.2 Å². The fraction of sp³-hybridized carbons (Fsp3) is 0.588. The molecule has 0 saturated carbocycles. The predicted molar refractivity (Wildman–Crippen MR) is 92.1 cm³/mol. The van der Waals surface area contributed by atoms with Crippen LogP contribution in [0, 0.1) is 0 Å². The van der Waals surface area contributed by atoms with Crippen LogP contribution in [0.3, 0.4) is 0 Å². The lowest BCUT2D eigenvalue weighted by Crippen LogP contribution is -2.45. The molecule has 146 valence electrons. The molecule has 0 aliphatic carbocycles. The first-order valence-electron chi connectivity index (χ1n) is 8.34. The monoisotopic (exact) mass is 388 g/mol. The zero-order chi connectivity index (χ0) is 19.2. The molecule has 0 radical (unpaired) electrons. The zero-order valence-corrected chi connectivity index (χ0v) is 15.8. The SMILES string of the molecule is CCOC(OCC)[C@@H]1OC[C@@H](OS(C)(=O)=O)[C@@H]1OC(=O)c1ccccc1. The molecule has 2 rings (SSSR count). The van der Waals surface area contributed by atoms with E-state index in [1.807, 2.05) is 0 Å².